The van der Waals surface area contributed by atoms with Gasteiger partial charge in [-0.15, -0.1) is 0 Å². The van der Waals surface area contributed by atoms with E-state index in [2.05, 4.69) is 4.98 Å². The van der Waals surface area contributed by atoms with Crippen LogP contribution in [0.2, 0.25) is 0 Å². The Morgan fingerprint density at radius 2 is 1.86 bits per heavy atom. The minimum Gasteiger partial charge on any atom is -0.462 e. The standard InChI is InChI=1S/C20H22N2O7/c1-5-28-20(25)17-11(2)18(21-12(17)3)19(24)13(4)29-16(23)10-14-8-6-7-9-15(14)22(26)27/h6-9,13,21H,5,10H2,1-4H3/t13-/m0/s1. The van der Waals surface area contributed by atoms with Crippen molar-refractivity contribution in [3.63, 3.8) is 0 Å². The second kappa shape index (κ2) is 9.13. The smallest absolute Gasteiger partial charge is 0.340 e. The molecule has 0 aliphatic rings. The number of Topliss-reactive ketones (excluding diaryl/α,β-unsaturated/α-hetero) is 1. The number of hydrogen-bond acceptors (Lipinski definition) is 7. The summed E-state index contributed by atoms with van der Waals surface area (Å²) in [6.45, 7) is 6.52. The minimum absolute atomic E-state index is 0.150. The van der Waals surface area contributed by atoms with E-state index >= 15 is 0 Å². The number of nitrogens with zero attached hydrogens (tertiary/aromatic N) is 1. The molecule has 1 aromatic carbocycles. The van der Waals surface area contributed by atoms with Crippen molar-refractivity contribution >= 4 is 23.4 Å². The van der Waals surface area contributed by atoms with E-state index in [0.717, 1.165) is 0 Å². The average molecular weight is 402 g/mol. The molecular weight excluding hydrogens is 380 g/mol. The van der Waals surface area contributed by atoms with E-state index < -0.39 is 28.7 Å². The summed E-state index contributed by atoms with van der Waals surface area (Å²) in [7, 11) is 0. The minimum atomic E-state index is -1.14. The molecule has 0 aliphatic heterocycles. The quantitative estimate of drug-likeness (QED) is 0.311. The predicted molar refractivity (Wildman–Crippen MR) is 103 cm³/mol. The summed E-state index contributed by atoms with van der Waals surface area (Å²) < 4.78 is 10.2. The van der Waals surface area contributed by atoms with Crippen molar-refractivity contribution in [2.45, 2.75) is 40.2 Å². The number of aromatic nitrogens is 1. The fourth-order valence-electron chi connectivity index (χ4n) is 3.00. The van der Waals surface area contributed by atoms with Gasteiger partial charge in [0.05, 0.1) is 29.2 Å². The number of aryl methyl sites for hydroxylation is 1. The maximum Gasteiger partial charge on any atom is 0.340 e. The first-order chi connectivity index (χ1) is 13.7. The molecular formula is C20H22N2O7. The van der Waals surface area contributed by atoms with Crippen LogP contribution in [0.25, 0.3) is 0 Å². The van der Waals surface area contributed by atoms with Crippen molar-refractivity contribution in [1.82, 2.24) is 4.98 Å². The molecule has 1 aromatic heterocycles. The molecule has 0 aliphatic carbocycles. The Morgan fingerprint density at radius 1 is 1.21 bits per heavy atom. The summed E-state index contributed by atoms with van der Waals surface area (Å²) in [6, 6.07) is 5.82. The van der Waals surface area contributed by atoms with Crippen LogP contribution in [0.15, 0.2) is 24.3 Å². The third-order valence-corrected chi connectivity index (χ3v) is 4.36. The third kappa shape index (κ3) is 4.87. The topological polar surface area (TPSA) is 129 Å². The molecule has 0 radical (unpaired) electrons. The van der Waals surface area contributed by atoms with E-state index in [4.69, 9.17) is 9.47 Å². The van der Waals surface area contributed by atoms with Crippen molar-refractivity contribution < 1.29 is 28.8 Å². The van der Waals surface area contributed by atoms with Gasteiger partial charge in [0.25, 0.3) is 5.69 Å². The van der Waals surface area contributed by atoms with E-state index in [-0.39, 0.29) is 35.5 Å². The lowest BCUT2D eigenvalue weighted by atomic mass is 10.1. The predicted octanol–water partition coefficient (Wildman–Crippen LogP) is 3.07. The summed E-state index contributed by atoms with van der Waals surface area (Å²) in [5, 5.41) is 11.0. The van der Waals surface area contributed by atoms with Gasteiger partial charge < -0.3 is 14.5 Å². The molecule has 0 fully saturated rings. The van der Waals surface area contributed by atoms with Crippen LogP contribution in [0.5, 0.6) is 0 Å². The van der Waals surface area contributed by atoms with E-state index in [1.165, 1.54) is 25.1 Å². The zero-order valence-corrected chi connectivity index (χ0v) is 16.6. The van der Waals surface area contributed by atoms with Gasteiger partial charge in [-0.05, 0) is 33.3 Å². The molecule has 2 rings (SSSR count). The van der Waals surface area contributed by atoms with Crippen LogP contribution >= 0.6 is 0 Å². The normalized spacial score (nSPS) is 11.6. The van der Waals surface area contributed by atoms with Crippen molar-refractivity contribution in [3.8, 4) is 0 Å². The molecule has 0 amide bonds. The van der Waals surface area contributed by atoms with Crippen LogP contribution in [-0.2, 0) is 20.7 Å². The van der Waals surface area contributed by atoms with Gasteiger partial charge in [0, 0.05) is 17.3 Å². The van der Waals surface area contributed by atoms with Crippen molar-refractivity contribution in [3.05, 3.63) is 62.5 Å². The second-order valence-corrected chi connectivity index (χ2v) is 6.40. The molecule has 1 N–H and O–H groups in total. The number of rotatable bonds is 8. The van der Waals surface area contributed by atoms with Gasteiger partial charge in [-0.25, -0.2) is 4.79 Å². The number of ketones is 1. The molecule has 1 atom stereocenters. The number of carbonyl (C=O) groups excluding carboxylic acids is 3. The van der Waals surface area contributed by atoms with Crippen LogP contribution < -0.4 is 0 Å². The number of benzene rings is 1. The van der Waals surface area contributed by atoms with Crippen molar-refractivity contribution in [2.75, 3.05) is 6.61 Å². The lowest BCUT2D eigenvalue weighted by Gasteiger charge is -2.12. The van der Waals surface area contributed by atoms with E-state index in [1.54, 1.807) is 26.8 Å². The first-order valence-corrected chi connectivity index (χ1v) is 8.99. The number of nitrogens with one attached hydrogen (secondary N) is 1. The van der Waals surface area contributed by atoms with Gasteiger partial charge in [-0.3, -0.25) is 19.7 Å². The second-order valence-electron chi connectivity index (χ2n) is 6.40. The fourth-order valence-corrected chi connectivity index (χ4v) is 3.00. The summed E-state index contributed by atoms with van der Waals surface area (Å²) in [6.07, 6.45) is -1.48. The van der Waals surface area contributed by atoms with Crippen molar-refractivity contribution in [1.29, 1.82) is 0 Å². The highest BCUT2D eigenvalue weighted by Crippen LogP contribution is 2.22. The van der Waals surface area contributed by atoms with Crippen LogP contribution in [0.3, 0.4) is 0 Å². The Balaban J connectivity index is 2.14. The molecule has 0 bridgehead atoms. The maximum atomic E-state index is 12.7. The first-order valence-electron chi connectivity index (χ1n) is 8.99. The zero-order chi connectivity index (χ0) is 21.7. The Labute approximate surface area is 167 Å². The van der Waals surface area contributed by atoms with Gasteiger partial charge in [-0.1, -0.05) is 18.2 Å². The molecule has 0 spiro atoms. The Bertz CT molecular complexity index is 962. The lowest BCUT2D eigenvalue weighted by Crippen LogP contribution is -2.26. The van der Waals surface area contributed by atoms with Gasteiger partial charge in [0.15, 0.2) is 6.10 Å². The summed E-state index contributed by atoms with van der Waals surface area (Å²) in [4.78, 5) is 50.3. The van der Waals surface area contributed by atoms with E-state index in [9.17, 15) is 24.5 Å². The Kier molecular flexibility index (Phi) is 6.87. The molecule has 9 heteroatoms. The number of esters is 2. The number of para-hydroxylation sites is 1. The molecule has 154 valence electrons. The number of carbonyl (C=O) groups is 3. The number of ether oxygens (including phenoxy) is 2. The first kappa shape index (κ1) is 21.8. The van der Waals surface area contributed by atoms with Crippen LogP contribution in [0.1, 0.15) is 51.5 Å². The Morgan fingerprint density at radius 3 is 2.48 bits per heavy atom. The SMILES string of the molecule is CCOC(=O)c1c(C)[nH]c(C(=O)[C@H](C)OC(=O)Cc2ccccc2[N+](=O)[O-])c1C. The summed E-state index contributed by atoms with van der Waals surface area (Å²) in [5.74, 6) is -1.83. The van der Waals surface area contributed by atoms with Crippen LogP contribution in [0.4, 0.5) is 5.69 Å². The fraction of sp³-hybridized carbons (Fsp3) is 0.350. The molecule has 2 aromatic rings. The summed E-state index contributed by atoms with van der Waals surface area (Å²) >= 11 is 0. The molecule has 0 saturated heterocycles. The van der Waals surface area contributed by atoms with E-state index in [0.29, 0.717) is 11.3 Å². The van der Waals surface area contributed by atoms with Gasteiger partial charge in [0.2, 0.25) is 5.78 Å². The maximum absolute atomic E-state index is 12.7. The largest absolute Gasteiger partial charge is 0.462 e. The van der Waals surface area contributed by atoms with Crippen molar-refractivity contribution in [2.24, 2.45) is 0 Å². The highest BCUT2D eigenvalue weighted by molar-refractivity contribution is 6.04. The van der Waals surface area contributed by atoms with Crippen LogP contribution in [-0.4, -0.2) is 40.3 Å². The summed E-state index contributed by atoms with van der Waals surface area (Å²) in [5.41, 5.74) is 1.30. The molecule has 29 heavy (non-hydrogen) atoms. The number of nitro benzene ring substituents is 1. The Hall–Kier alpha value is -3.49. The third-order valence-electron chi connectivity index (χ3n) is 4.36. The number of aromatic amines is 1. The molecule has 9 nitrogen and oxygen atoms in total. The zero-order valence-electron chi connectivity index (χ0n) is 16.6. The molecule has 0 unspecified atom stereocenters. The lowest BCUT2D eigenvalue weighted by molar-refractivity contribution is -0.385. The van der Waals surface area contributed by atoms with E-state index in [1.807, 2.05) is 0 Å². The molecule has 0 saturated carbocycles. The number of nitro groups is 1. The van der Waals surface area contributed by atoms with Gasteiger partial charge in [-0.2, -0.15) is 0 Å². The van der Waals surface area contributed by atoms with Gasteiger partial charge >= 0.3 is 11.9 Å². The highest BCUT2D eigenvalue weighted by Gasteiger charge is 2.28. The average Bonchev–Trinajstić information content (AvgIpc) is 2.95. The highest BCUT2D eigenvalue weighted by atomic mass is 16.6. The van der Waals surface area contributed by atoms with Crippen LogP contribution in [0, 0.1) is 24.0 Å². The van der Waals surface area contributed by atoms with Gasteiger partial charge in [0.1, 0.15) is 0 Å². The number of H-pyrrole nitrogens is 1. The molecule has 1 heterocycles. The monoisotopic (exact) mass is 402 g/mol. The number of hydrogen-bond donors (Lipinski definition) is 1.